The molecular formula is C19H23N3O5S2. The average Bonchev–Trinajstić information content (AvgIpc) is 3.09. The molecule has 2 aromatic rings. The van der Waals surface area contributed by atoms with E-state index >= 15 is 0 Å². The van der Waals surface area contributed by atoms with Gasteiger partial charge in [0.2, 0.25) is 20.0 Å². The van der Waals surface area contributed by atoms with Crippen molar-refractivity contribution in [3.8, 4) is 0 Å². The molecule has 0 bridgehead atoms. The Morgan fingerprint density at radius 1 is 1.03 bits per heavy atom. The number of sulfonamides is 2. The summed E-state index contributed by atoms with van der Waals surface area (Å²) in [5.74, 6) is -0.347. The Bertz CT molecular complexity index is 1130. The average molecular weight is 438 g/mol. The maximum atomic E-state index is 12.3. The van der Waals surface area contributed by atoms with Gasteiger partial charge in [-0.2, -0.15) is 0 Å². The summed E-state index contributed by atoms with van der Waals surface area (Å²) in [6, 6.07) is 11.4. The lowest BCUT2D eigenvalue weighted by molar-refractivity contribution is 0.0954. The summed E-state index contributed by atoms with van der Waals surface area (Å²) in [6.45, 7) is 2.41. The monoisotopic (exact) mass is 437 g/mol. The highest BCUT2D eigenvalue weighted by Gasteiger charge is 2.26. The number of nitrogens with one attached hydrogen (secondary N) is 2. The zero-order chi connectivity index (χ0) is 21.2. The third-order valence-electron chi connectivity index (χ3n) is 4.63. The van der Waals surface area contributed by atoms with E-state index in [2.05, 4.69) is 10.0 Å². The Morgan fingerprint density at radius 2 is 1.72 bits per heavy atom. The normalized spacial score (nSPS) is 13.9. The van der Waals surface area contributed by atoms with Crippen LogP contribution in [0.1, 0.15) is 21.5 Å². The molecule has 156 valence electrons. The van der Waals surface area contributed by atoms with E-state index in [0.717, 1.165) is 17.4 Å². The van der Waals surface area contributed by atoms with Gasteiger partial charge < -0.3 is 5.32 Å². The second-order valence-electron chi connectivity index (χ2n) is 6.90. The van der Waals surface area contributed by atoms with Crippen LogP contribution in [0.25, 0.3) is 0 Å². The molecule has 0 spiro atoms. The molecule has 0 aromatic heterocycles. The molecule has 0 unspecified atom stereocenters. The number of hydrogen-bond donors (Lipinski definition) is 2. The molecule has 0 saturated heterocycles. The van der Waals surface area contributed by atoms with Crippen LogP contribution in [0.3, 0.4) is 0 Å². The van der Waals surface area contributed by atoms with Gasteiger partial charge >= 0.3 is 0 Å². The third kappa shape index (κ3) is 4.95. The smallest absolute Gasteiger partial charge is 0.251 e. The van der Waals surface area contributed by atoms with Crippen LogP contribution in [0, 0.1) is 6.92 Å². The van der Waals surface area contributed by atoms with E-state index in [0.29, 0.717) is 24.2 Å². The van der Waals surface area contributed by atoms with Crippen molar-refractivity contribution in [1.29, 1.82) is 0 Å². The fraction of sp³-hybridized carbons (Fsp3) is 0.316. The molecule has 29 heavy (non-hydrogen) atoms. The minimum absolute atomic E-state index is 0.0503. The van der Waals surface area contributed by atoms with Crippen LogP contribution in [0.5, 0.6) is 0 Å². The van der Waals surface area contributed by atoms with Crippen molar-refractivity contribution in [2.24, 2.45) is 0 Å². The van der Waals surface area contributed by atoms with Crippen LogP contribution < -0.4 is 14.3 Å². The second-order valence-corrected chi connectivity index (χ2v) is 10.6. The Balaban J connectivity index is 1.56. The van der Waals surface area contributed by atoms with Gasteiger partial charge in [0.25, 0.3) is 5.91 Å². The molecule has 10 heteroatoms. The number of rotatable bonds is 7. The van der Waals surface area contributed by atoms with Gasteiger partial charge in [-0.15, -0.1) is 0 Å². The Hall–Kier alpha value is -2.43. The van der Waals surface area contributed by atoms with Gasteiger partial charge in [0.05, 0.1) is 16.8 Å². The zero-order valence-corrected chi connectivity index (χ0v) is 17.8. The molecule has 0 saturated carbocycles. The summed E-state index contributed by atoms with van der Waals surface area (Å²) in [5.41, 5.74) is 2.75. The van der Waals surface area contributed by atoms with Gasteiger partial charge in [-0.1, -0.05) is 17.7 Å². The predicted molar refractivity (Wildman–Crippen MR) is 111 cm³/mol. The van der Waals surface area contributed by atoms with Gasteiger partial charge in [-0.05, 0) is 49.2 Å². The first kappa shape index (κ1) is 21.3. The van der Waals surface area contributed by atoms with Gasteiger partial charge in [-0.25, -0.2) is 21.6 Å². The largest absolute Gasteiger partial charge is 0.351 e. The topological polar surface area (TPSA) is 113 Å². The number of carbonyl (C=O) groups excluding carboxylic acids is 1. The van der Waals surface area contributed by atoms with E-state index in [9.17, 15) is 21.6 Å². The van der Waals surface area contributed by atoms with Gasteiger partial charge in [0, 0.05) is 25.2 Å². The summed E-state index contributed by atoms with van der Waals surface area (Å²) in [4.78, 5) is 12.5. The number of aryl methyl sites for hydroxylation is 1. The number of carbonyl (C=O) groups is 1. The van der Waals surface area contributed by atoms with E-state index in [1.807, 2.05) is 6.92 Å². The van der Waals surface area contributed by atoms with Crippen LogP contribution in [0.4, 0.5) is 5.69 Å². The molecule has 1 aliphatic heterocycles. The van der Waals surface area contributed by atoms with E-state index in [4.69, 9.17) is 0 Å². The van der Waals surface area contributed by atoms with Crippen molar-refractivity contribution < 1.29 is 21.6 Å². The number of nitrogens with zero attached hydrogens (tertiary/aromatic N) is 1. The third-order valence-corrected chi connectivity index (χ3v) is 7.29. The molecule has 2 N–H and O–H groups in total. The molecule has 0 atom stereocenters. The molecule has 2 aromatic carbocycles. The fourth-order valence-electron chi connectivity index (χ4n) is 3.12. The zero-order valence-electron chi connectivity index (χ0n) is 16.2. The van der Waals surface area contributed by atoms with Crippen molar-refractivity contribution >= 4 is 31.6 Å². The lowest BCUT2D eigenvalue weighted by Crippen LogP contribution is -2.34. The molecule has 0 aliphatic carbocycles. The number of hydrogen-bond acceptors (Lipinski definition) is 5. The van der Waals surface area contributed by atoms with Gasteiger partial charge in [0.15, 0.2) is 0 Å². The van der Waals surface area contributed by atoms with E-state index in [1.165, 1.54) is 16.4 Å². The van der Waals surface area contributed by atoms with Crippen LogP contribution in [-0.2, 0) is 26.5 Å². The maximum Gasteiger partial charge on any atom is 0.251 e. The highest BCUT2D eigenvalue weighted by atomic mass is 32.2. The first-order valence-electron chi connectivity index (χ1n) is 9.03. The van der Waals surface area contributed by atoms with Crippen LogP contribution in [-0.4, -0.2) is 48.6 Å². The van der Waals surface area contributed by atoms with Crippen molar-refractivity contribution in [3.05, 3.63) is 59.2 Å². The molecule has 1 amide bonds. The molecule has 3 rings (SSSR count). The molecule has 0 fully saturated rings. The summed E-state index contributed by atoms with van der Waals surface area (Å²) in [5, 5.41) is 2.67. The van der Waals surface area contributed by atoms with Crippen LogP contribution in [0.15, 0.2) is 47.4 Å². The first-order chi connectivity index (χ1) is 13.6. The van der Waals surface area contributed by atoms with E-state index < -0.39 is 20.0 Å². The molecule has 1 aliphatic rings. The minimum atomic E-state index is -3.63. The highest BCUT2D eigenvalue weighted by molar-refractivity contribution is 7.92. The lowest BCUT2D eigenvalue weighted by atomic mass is 10.1. The summed E-state index contributed by atoms with van der Waals surface area (Å²) in [7, 11) is -6.97. The molecule has 0 radical (unpaired) electrons. The van der Waals surface area contributed by atoms with E-state index in [-0.39, 0.29) is 23.9 Å². The van der Waals surface area contributed by atoms with Crippen molar-refractivity contribution in [3.63, 3.8) is 0 Å². The fourth-order valence-corrected chi connectivity index (χ4v) is 5.11. The van der Waals surface area contributed by atoms with Crippen molar-refractivity contribution in [2.45, 2.75) is 18.2 Å². The Labute approximate surface area is 171 Å². The Morgan fingerprint density at radius 3 is 2.38 bits per heavy atom. The van der Waals surface area contributed by atoms with Crippen LogP contribution in [0.2, 0.25) is 0 Å². The number of benzene rings is 2. The number of fused-ring (bicyclic) bond motifs is 1. The minimum Gasteiger partial charge on any atom is -0.351 e. The number of anilines is 1. The lowest BCUT2D eigenvalue weighted by Gasteiger charge is -2.16. The molecule has 8 nitrogen and oxygen atoms in total. The van der Waals surface area contributed by atoms with Gasteiger partial charge in [0.1, 0.15) is 0 Å². The summed E-state index contributed by atoms with van der Waals surface area (Å²) >= 11 is 0. The standard InChI is InChI=1S/C19H23N3O5S2/c1-14-3-6-17(7-4-14)29(26,27)21-11-10-20-19(23)16-5-8-18-15(13-16)9-12-22(18)28(2,24)25/h3-8,13,21H,9-12H2,1-2H3,(H,20,23). The Kier molecular flexibility index (Phi) is 5.97. The SMILES string of the molecule is Cc1ccc(S(=O)(=O)NCCNC(=O)c2ccc3c(c2)CCN3S(C)(=O)=O)cc1. The first-order valence-corrected chi connectivity index (χ1v) is 12.4. The molecular weight excluding hydrogens is 414 g/mol. The quantitative estimate of drug-likeness (QED) is 0.628. The predicted octanol–water partition coefficient (Wildman–Crippen LogP) is 1.03. The highest BCUT2D eigenvalue weighted by Crippen LogP contribution is 2.30. The maximum absolute atomic E-state index is 12.3. The van der Waals surface area contributed by atoms with Gasteiger partial charge in [-0.3, -0.25) is 9.10 Å². The van der Waals surface area contributed by atoms with E-state index in [1.54, 1.807) is 30.3 Å². The number of amides is 1. The molecule has 1 heterocycles. The van der Waals surface area contributed by atoms with Crippen LogP contribution >= 0.6 is 0 Å². The summed E-state index contributed by atoms with van der Waals surface area (Å²) < 4.78 is 51.8. The van der Waals surface area contributed by atoms with Crippen molar-refractivity contribution in [2.75, 3.05) is 30.2 Å². The van der Waals surface area contributed by atoms with Crippen molar-refractivity contribution in [1.82, 2.24) is 10.0 Å². The summed E-state index contributed by atoms with van der Waals surface area (Å²) in [6.07, 6.45) is 1.69. The second kappa shape index (κ2) is 8.13.